The van der Waals surface area contributed by atoms with E-state index >= 15 is 0 Å². The van der Waals surface area contributed by atoms with Crippen LogP contribution in [0.15, 0.2) is 4.66 Å². The Morgan fingerprint density at radius 3 is 2.00 bits per heavy atom. The summed E-state index contributed by atoms with van der Waals surface area (Å²) in [5.41, 5.74) is 0. The molecule has 0 unspecified atom stereocenters. The number of hydrogen-bond acceptors (Lipinski definition) is 2. The highest BCUT2D eigenvalue weighted by Crippen LogP contribution is 2.36. The average molecular weight is 201 g/mol. The molecular weight excluding hydrogens is 178 g/mol. The predicted molar refractivity (Wildman–Crippen MR) is 61.9 cm³/mol. The number of rotatable bonds is 3. The Morgan fingerprint density at radius 2 is 1.69 bits per heavy atom. The monoisotopic (exact) mass is 201 g/mol. The van der Waals surface area contributed by atoms with E-state index < -0.39 is 8.24 Å². The fourth-order valence-corrected chi connectivity index (χ4v) is 1.19. The van der Waals surface area contributed by atoms with Crippen LogP contribution in [0, 0.1) is 0 Å². The molecule has 0 aliphatic heterocycles. The second-order valence-electron chi connectivity index (χ2n) is 5.23. The molecule has 0 saturated carbocycles. The van der Waals surface area contributed by atoms with Crippen molar-refractivity contribution in [3.05, 3.63) is 0 Å². The lowest BCUT2D eigenvalue weighted by atomic mass is 10.2. The molecule has 0 amide bonds. The van der Waals surface area contributed by atoms with Gasteiger partial charge in [-0.2, -0.15) is 0 Å². The maximum atomic E-state index is 5.32. The summed E-state index contributed by atoms with van der Waals surface area (Å²) in [5, 5.41) is 0.295. The van der Waals surface area contributed by atoms with Gasteiger partial charge in [0.1, 0.15) is 0 Å². The second kappa shape index (κ2) is 4.27. The topological polar surface area (TPSA) is 21.6 Å². The van der Waals surface area contributed by atoms with Gasteiger partial charge in [0.2, 0.25) is 0 Å². The van der Waals surface area contributed by atoms with Crippen LogP contribution in [0.5, 0.6) is 0 Å². The molecule has 0 atom stereocenters. The zero-order valence-corrected chi connectivity index (χ0v) is 11.0. The largest absolute Gasteiger partial charge is 0.482 e. The van der Waals surface area contributed by atoms with E-state index in [1.54, 1.807) is 6.40 Å². The summed E-state index contributed by atoms with van der Waals surface area (Å²) in [5.74, 6) is 0. The van der Waals surface area contributed by atoms with Gasteiger partial charge in [0, 0.05) is 0 Å². The van der Waals surface area contributed by atoms with Crippen LogP contribution in [0.2, 0.25) is 18.1 Å². The summed E-state index contributed by atoms with van der Waals surface area (Å²) in [6.07, 6.45) is 1.87. The Labute approximate surface area is 83.5 Å². The molecule has 0 radical (unpaired) electrons. The first-order chi connectivity index (χ1) is 5.67. The van der Waals surface area contributed by atoms with E-state index in [0.29, 0.717) is 5.04 Å². The normalized spacial score (nSPS) is 14.2. The van der Waals surface area contributed by atoms with Crippen molar-refractivity contribution in [1.82, 2.24) is 0 Å². The molecule has 0 bridgehead atoms. The highest BCUT2D eigenvalue weighted by molar-refractivity contribution is 6.79. The first kappa shape index (κ1) is 12.7. The average Bonchev–Trinajstić information content (AvgIpc) is 1.82. The van der Waals surface area contributed by atoms with E-state index in [-0.39, 0.29) is 6.10 Å². The Morgan fingerprint density at radius 1 is 1.23 bits per heavy atom. The van der Waals surface area contributed by atoms with Crippen LogP contribution in [0.4, 0.5) is 0 Å². The molecule has 0 aromatic rings. The molecule has 0 aliphatic carbocycles. The fraction of sp³-hybridized carbons (Fsp3) is 0.900. The maximum Gasteiger partial charge on any atom is 0.184 e. The lowest BCUT2D eigenvalue weighted by Crippen LogP contribution is -2.35. The molecule has 13 heavy (non-hydrogen) atoms. The summed E-state index contributed by atoms with van der Waals surface area (Å²) in [6, 6.07) is 0. The number of ether oxygens (including phenoxy) is 1. The Hall–Kier alpha value is -0.313. The van der Waals surface area contributed by atoms with Crippen molar-refractivity contribution < 1.29 is 4.74 Å². The second-order valence-corrected chi connectivity index (χ2v) is 10.1. The van der Waals surface area contributed by atoms with Gasteiger partial charge in [-0.3, -0.25) is 4.66 Å². The quantitative estimate of drug-likeness (QED) is 0.389. The van der Waals surface area contributed by atoms with Gasteiger partial charge in [-0.25, -0.2) is 0 Å². The van der Waals surface area contributed by atoms with Crippen LogP contribution in [-0.4, -0.2) is 20.7 Å². The van der Waals surface area contributed by atoms with Gasteiger partial charge in [0.15, 0.2) is 14.6 Å². The summed E-state index contributed by atoms with van der Waals surface area (Å²) < 4.78 is 9.88. The van der Waals surface area contributed by atoms with Crippen molar-refractivity contribution in [3.63, 3.8) is 0 Å². The standard InChI is InChI=1S/C10H23NOSi/c1-9(2)12-8-11-13(6,7)10(3,4)5/h8-9H,1-7H3/b11-8+. The molecule has 0 aromatic carbocycles. The van der Waals surface area contributed by atoms with E-state index in [0.717, 1.165) is 0 Å². The molecule has 0 N–H and O–H groups in total. The van der Waals surface area contributed by atoms with E-state index in [4.69, 9.17) is 4.74 Å². The molecule has 0 aliphatic rings. The smallest absolute Gasteiger partial charge is 0.184 e. The van der Waals surface area contributed by atoms with E-state index in [9.17, 15) is 0 Å². The Bertz CT molecular complexity index is 180. The molecule has 0 aromatic heterocycles. The minimum absolute atomic E-state index is 0.230. The van der Waals surface area contributed by atoms with Crippen molar-refractivity contribution in [2.45, 2.75) is 58.9 Å². The zero-order chi connectivity index (χ0) is 10.7. The number of nitrogens with zero attached hydrogens (tertiary/aromatic N) is 1. The molecule has 0 spiro atoms. The Kier molecular flexibility index (Phi) is 4.16. The van der Waals surface area contributed by atoms with Crippen LogP contribution in [0.1, 0.15) is 34.6 Å². The lowest BCUT2D eigenvalue weighted by Gasteiger charge is -2.32. The molecule has 2 nitrogen and oxygen atoms in total. The summed E-state index contributed by atoms with van der Waals surface area (Å²) in [4.78, 5) is 0. The van der Waals surface area contributed by atoms with Crippen LogP contribution in [0.3, 0.4) is 0 Å². The number of hydrogen-bond donors (Lipinski definition) is 0. The van der Waals surface area contributed by atoms with Gasteiger partial charge in [-0.1, -0.05) is 20.8 Å². The van der Waals surface area contributed by atoms with Crippen molar-refractivity contribution in [2.24, 2.45) is 4.66 Å². The van der Waals surface area contributed by atoms with Crippen molar-refractivity contribution in [2.75, 3.05) is 0 Å². The third-order valence-electron chi connectivity index (χ3n) is 2.54. The summed E-state index contributed by atoms with van der Waals surface area (Å²) in [7, 11) is -1.53. The SMILES string of the molecule is CC(C)O/C=N/[Si](C)(C)C(C)(C)C. The van der Waals surface area contributed by atoms with E-state index in [1.807, 2.05) is 13.8 Å². The fourth-order valence-electron chi connectivity index (χ4n) is 0.478. The first-order valence-electron chi connectivity index (χ1n) is 4.86. The minimum atomic E-state index is -1.53. The van der Waals surface area contributed by atoms with Gasteiger partial charge in [-0.05, 0) is 32.0 Å². The highest BCUT2D eigenvalue weighted by atomic mass is 28.3. The Balaban J connectivity index is 4.25. The van der Waals surface area contributed by atoms with Crippen molar-refractivity contribution in [3.8, 4) is 0 Å². The molecular formula is C10H23NOSi. The molecule has 78 valence electrons. The predicted octanol–water partition coefficient (Wildman–Crippen LogP) is 3.44. The summed E-state index contributed by atoms with van der Waals surface area (Å²) in [6.45, 7) is 15.3. The van der Waals surface area contributed by atoms with Crippen LogP contribution in [0.25, 0.3) is 0 Å². The molecule has 0 rings (SSSR count). The zero-order valence-electron chi connectivity index (χ0n) is 10.0. The third-order valence-corrected chi connectivity index (χ3v) is 6.97. The van der Waals surface area contributed by atoms with Crippen LogP contribution < -0.4 is 0 Å². The molecule has 0 fully saturated rings. The first-order valence-corrected chi connectivity index (χ1v) is 7.81. The molecule has 3 heteroatoms. The third kappa shape index (κ3) is 4.46. The maximum absolute atomic E-state index is 5.32. The van der Waals surface area contributed by atoms with Crippen LogP contribution in [-0.2, 0) is 4.74 Å². The van der Waals surface area contributed by atoms with Crippen LogP contribution >= 0.6 is 0 Å². The van der Waals surface area contributed by atoms with E-state index in [1.165, 1.54) is 0 Å². The minimum Gasteiger partial charge on any atom is -0.482 e. The van der Waals surface area contributed by atoms with Gasteiger partial charge >= 0.3 is 0 Å². The van der Waals surface area contributed by atoms with Crippen molar-refractivity contribution in [1.29, 1.82) is 0 Å². The van der Waals surface area contributed by atoms with Gasteiger partial charge < -0.3 is 4.74 Å². The van der Waals surface area contributed by atoms with Crippen molar-refractivity contribution >= 4 is 14.6 Å². The van der Waals surface area contributed by atoms with Gasteiger partial charge in [-0.15, -0.1) is 0 Å². The van der Waals surface area contributed by atoms with E-state index in [2.05, 4.69) is 38.5 Å². The lowest BCUT2D eigenvalue weighted by molar-refractivity contribution is 0.241. The van der Waals surface area contributed by atoms with Gasteiger partial charge in [0.25, 0.3) is 0 Å². The molecule has 0 saturated heterocycles. The summed E-state index contributed by atoms with van der Waals surface area (Å²) >= 11 is 0. The van der Waals surface area contributed by atoms with Gasteiger partial charge in [0.05, 0.1) is 6.10 Å². The highest BCUT2D eigenvalue weighted by Gasteiger charge is 2.35. The molecule has 0 heterocycles.